The maximum atomic E-state index is 12.2. The van der Waals surface area contributed by atoms with Crippen LogP contribution in [0.25, 0.3) is 0 Å². The molecule has 1 aliphatic rings. The summed E-state index contributed by atoms with van der Waals surface area (Å²) in [5, 5.41) is 14.2. The van der Waals surface area contributed by atoms with E-state index in [9.17, 15) is 23.3 Å². The molecule has 1 N–H and O–H groups in total. The van der Waals surface area contributed by atoms with Crippen molar-refractivity contribution in [3.63, 3.8) is 0 Å². The van der Waals surface area contributed by atoms with Crippen molar-refractivity contribution in [3.8, 4) is 17.5 Å². The van der Waals surface area contributed by atoms with E-state index in [1.54, 1.807) is 38.1 Å². The van der Waals surface area contributed by atoms with Crippen LogP contribution in [-0.2, 0) is 19.4 Å². The smallest absolute Gasteiger partial charge is 0.392 e. The van der Waals surface area contributed by atoms with E-state index in [0.717, 1.165) is 6.26 Å². The summed E-state index contributed by atoms with van der Waals surface area (Å²) in [7, 11) is -0.443. The molecule has 0 saturated heterocycles. The van der Waals surface area contributed by atoms with Gasteiger partial charge in [-0.2, -0.15) is 9.97 Å². The minimum Gasteiger partial charge on any atom is -0.463 e. The Labute approximate surface area is 201 Å². The fourth-order valence-corrected chi connectivity index (χ4v) is 3.46. The lowest BCUT2D eigenvalue weighted by Gasteiger charge is -2.17. The number of carbonyl (C=O) groups excluding carboxylic acids is 1. The number of sulfone groups is 1. The van der Waals surface area contributed by atoms with E-state index in [1.807, 2.05) is 6.07 Å². The summed E-state index contributed by atoms with van der Waals surface area (Å²) >= 11 is 0. The summed E-state index contributed by atoms with van der Waals surface area (Å²) in [6, 6.07) is 5.01. The van der Waals surface area contributed by atoms with Crippen LogP contribution in [0.2, 0.25) is 0 Å². The summed E-state index contributed by atoms with van der Waals surface area (Å²) in [5.41, 5.74) is 0.491. The highest BCUT2D eigenvalue weighted by Crippen LogP contribution is 2.38. The van der Waals surface area contributed by atoms with E-state index in [4.69, 9.17) is 14.2 Å². The van der Waals surface area contributed by atoms with Crippen LogP contribution in [0, 0.1) is 10.1 Å². The number of aromatic nitrogens is 2. The van der Waals surface area contributed by atoms with Gasteiger partial charge in [-0.1, -0.05) is 0 Å². The molecule has 0 spiro atoms. The van der Waals surface area contributed by atoms with E-state index in [-0.39, 0.29) is 12.4 Å². The highest BCUT2D eigenvalue weighted by atomic mass is 32.2. The van der Waals surface area contributed by atoms with Crippen molar-refractivity contribution in [2.75, 3.05) is 51.6 Å². The van der Waals surface area contributed by atoms with Crippen molar-refractivity contribution in [2.45, 2.75) is 12.1 Å². The normalized spacial score (nSPS) is 13.0. The molecule has 0 fully saturated rings. The molecule has 3 rings (SSSR count). The number of hydrogen-bond donors (Lipinski definition) is 1. The van der Waals surface area contributed by atoms with E-state index in [0.29, 0.717) is 30.2 Å². The molecule has 35 heavy (non-hydrogen) atoms. The number of rotatable bonds is 10. The molecule has 0 unspecified atom stereocenters. The molecule has 2 aromatic rings. The molecule has 1 aromatic carbocycles. The highest BCUT2D eigenvalue weighted by Gasteiger charge is 2.32. The molecule has 1 aliphatic heterocycles. The number of hydrogen-bond acceptors (Lipinski definition) is 13. The van der Waals surface area contributed by atoms with Gasteiger partial charge in [0, 0.05) is 44.2 Å². The fourth-order valence-electron chi connectivity index (χ4n) is 2.96. The first-order valence-electron chi connectivity index (χ1n) is 10.3. The van der Waals surface area contributed by atoms with Crippen LogP contribution in [0.3, 0.4) is 0 Å². The lowest BCUT2D eigenvalue weighted by atomic mass is 10.1. The molecule has 0 aliphatic carbocycles. The predicted octanol–water partition coefficient (Wildman–Crippen LogP) is 0.938. The highest BCUT2D eigenvalue weighted by molar-refractivity contribution is 7.90. The largest absolute Gasteiger partial charge is 0.463 e. The van der Waals surface area contributed by atoms with E-state index in [1.165, 1.54) is 0 Å². The average Bonchev–Trinajstić information content (AvgIpc) is 3.31. The van der Waals surface area contributed by atoms with Crippen LogP contribution >= 0.6 is 0 Å². The molecule has 188 valence electrons. The van der Waals surface area contributed by atoms with Crippen molar-refractivity contribution in [1.82, 2.24) is 15.3 Å². The zero-order valence-electron chi connectivity index (χ0n) is 19.5. The van der Waals surface area contributed by atoms with Crippen molar-refractivity contribution < 1.29 is 32.3 Å². The van der Waals surface area contributed by atoms with Crippen molar-refractivity contribution in [3.05, 3.63) is 33.9 Å². The Morgan fingerprint density at radius 3 is 2.51 bits per heavy atom. The molecule has 0 saturated carbocycles. The van der Waals surface area contributed by atoms with Gasteiger partial charge in [0.2, 0.25) is 9.84 Å². The van der Waals surface area contributed by atoms with Gasteiger partial charge in [0.15, 0.2) is 6.61 Å². The number of carbonyl (C=O) groups is 1. The summed E-state index contributed by atoms with van der Waals surface area (Å²) in [6.45, 7) is 2.14. The maximum absolute atomic E-state index is 12.2. The first-order chi connectivity index (χ1) is 16.5. The first kappa shape index (κ1) is 25.6. The SMILES string of the molecule is CCOC(=O)COc1nc(S(C)(=O)=O)nc(Oc2cc(C3=NCCN3)cc(N(C)C)c2)c1[N+](=O)[O-]. The van der Waals surface area contributed by atoms with E-state index < -0.39 is 49.9 Å². The molecular formula is C20H24N6O8S. The molecule has 0 atom stereocenters. The Morgan fingerprint density at radius 1 is 1.23 bits per heavy atom. The minimum absolute atomic E-state index is 0.0573. The van der Waals surface area contributed by atoms with Gasteiger partial charge in [0.25, 0.3) is 5.16 Å². The molecule has 15 heteroatoms. The summed E-state index contributed by atoms with van der Waals surface area (Å²) in [6.07, 6.45) is 0.821. The number of nitro groups is 1. The molecule has 0 radical (unpaired) electrons. The van der Waals surface area contributed by atoms with Gasteiger partial charge in [-0.25, -0.2) is 13.2 Å². The third-order valence-electron chi connectivity index (χ3n) is 4.52. The lowest BCUT2D eigenvalue weighted by molar-refractivity contribution is -0.387. The fraction of sp³-hybridized carbons (Fsp3) is 0.400. The summed E-state index contributed by atoms with van der Waals surface area (Å²) in [4.78, 5) is 36.2. The van der Waals surface area contributed by atoms with Crippen LogP contribution in [0.15, 0.2) is 28.3 Å². The first-order valence-corrected chi connectivity index (χ1v) is 12.2. The van der Waals surface area contributed by atoms with Gasteiger partial charge in [-0.3, -0.25) is 15.1 Å². The topological polar surface area (TPSA) is 175 Å². The second-order valence-electron chi connectivity index (χ2n) is 7.46. The lowest BCUT2D eigenvalue weighted by Crippen LogP contribution is -2.20. The van der Waals surface area contributed by atoms with Crippen LogP contribution in [0.5, 0.6) is 17.5 Å². The summed E-state index contributed by atoms with van der Waals surface area (Å²) < 4.78 is 39.9. The zero-order valence-corrected chi connectivity index (χ0v) is 20.3. The van der Waals surface area contributed by atoms with Crippen LogP contribution in [0.1, 0.15) is 12.5 Å². The van der Waals surface area contributed by atoms with E-state index >= 15 is 0 Å². The zero-order chi connectivity index (χ0) is 25.8. The summed E-state index contributed by atoms with van der Waals surface area (Å²) in [5.74, 6) is -1.50. The standard InChI is InChI=1S/C20H24N6O8S/c1-5-32-15(27)11-33-18-16(26(28)29)19(24-20(23-18)35(4,30)31)34-14-9-12(17-21-6-7-22-17)8-13(10-14)25(2)3/h8-10H,5-7,11H2,1-4H3,(H,21,22). The number of esters is 1. The van der Waals surface area contributed by atoms with Crippen LogP contribution in [0.4, 0.5) is 11.4 Å². The number of benzene rings is 1. The van der Waals surface area contributed by atoms with E-state index in [2.05, 4.69) is 20.3 Å². The van der Waals surface area contributed by atoms with Gasteiger partial charge < -0.3 is 24.4 Å². The average molecular weight is 509 g/mol. The molecule has 1 aromatic heterocycles. The van der Waals surface area contributed by atoms with Gasteiger partial charge in [0.05, 0.1) is 18.1 Å². The molecular weight excluding hydrogens is 484 g/mol. The second kappa shape index (κ2) is 10.5. The predicted molar refractivity (Wildman–Crippen MR) is 124 cm³/mol. The van der Waals surface area contributed by atoms with Gasteiger partial charge in [-0.05, 0) is 19.1 Å². The third kappa shape index (κ3) is 6.32. The Kier molecular flexibility index (Phi) is 7.68. The number of nitrogens with one attached hydrogen (secondary N) is 1. The maximum Gasteiger partial charge on any atom is 0.392 e. The Balaban J connectivity index is 2.11. The van der Waals surface area contributed by atoms with Gasteiger partial charge in [-0.15, -0.1) is 0 Å². The number of anilines is 1. The second-order valence-corrected chi connectivity index (χ2v) is 9.37. The third-order valence-corrected chi connectivity index (χ3v) is 5.36. The number of ether oxygens (including phenoxy) is 3. The van der Waals surface area contributed by atoms with Crippen molar-refractivity contribution in [2.24, 2.45) is 4.99 Å². The van der Waals surface area contributed by atoms with Crippen molar-refractivity contribution >= 4 is 33.0 Å². The Hall–Kier alpha value is -4.01. The van der Waals surface area contributed by atoms with Gasteiger partial charge >= 0.3 is 23.4 Å². The number of amidine groups is 1. The van der Waals surface area contributed by atoms with Gasteiger partial charge in [0.1, 0.15) is 11.6 Å². The molecule has 14 nitrogen and oxygen atoms in total. The molecule has 0 bridgehead atoms. The molecule has 2 heterocycles. The quantitative estimate of drug-likeness (QED) is 0.208. The number of nitrogens with zero attached hydrogens (tertiary/aromatic N) is 5. The van der Waals surface area contributed by atoms with Crippen LogP contribution < -0.4 is 19.7 Å². The van der Waals surface area contributed by atoms with Crippen LogP contribution in [-0.4, -0.2) is 81.8 Å². The van der Waals surface area contributed by atoms with Crippen molar-refractivity contribution in [1.29, 1.82) is 0 Å². The minimum atomic E-state index is -4.03. The molecule has 0 amide bonds. The Bertz CT molecular complexity index is 1280. The number of aliphatic imine (C=N–C) groups is 1. The Morgan fingerprint density at radius 2 is 1.94 bits per heavy atom. The monoisotopic (exact) mass is 508 g/mol.